The van der Waals surface area contributed by atoms with E-state index in [1.165, 1.54) is 0 Å². The van der Waals surface area contributed by atoms with E-state index in [1.54, 1.807) is 58.9 Å². The highest BCUT2D eigenvalue weighted by Gasteiger charge is 2.16. The zero-order chi connectivity index (χ0) is 20.4. The molecule has 1 aromatic rings. The third-order valence-electron chi connectivity index (χ3n) is 2.25. The highest BCUT2D eigenvalue weighted by atomic mass is 17.5. The van der Waals surface area contributed by atoms with Crippen LogP contribution in [0.2, 0.25) is 0 Å². The van der Waals surface area contributed by atoms with Crippen LogP contribution in [-0.2, 0) is 29.4 Å². The molecule has 7 heteroatoms. The van der Waals surface area contributed by atoms with Gasteiger partial charge in [-0.1, -0.05) is 32.0 Å². The Bertz CT molecular complexity index is 539. The van der Waals surface area contributed by atoms with Crippen molar-refractivity contribution in [3.8, 4) is 0 Å². The average Bonchev–Trinajstić information content (AvgIpc) is 2.52. The molecular formula is C19H30O7. The standard InChI is InChI=1S/C11H14O3.C8H16O4/c1-11(2,3)14-13-10(12)9-7-5-4-6-8-9;1-6(2)7(9)10-12-11-8(3,4)5/h4-8H,1-3H3;6H,1-5H3. The number of benzene rings is 1. The minimum Gasteiger partial charge on any atom is -0.292 e. The fourth-order valence-electron chi connectivity index (χ4n) is 1.03. The van der Waals surface area contributed by atoms with Gasteiger partial charge in [-0.05, 0) is 58.7 Å². The second-order valence-electron chi connectivity index (χ2n) is 7.75. The van der Waals surface area contributed by atoms with Gasteiger partial charge in [-0.2, -0.15) is 9.78 Å². The van der Waals surface area contributed by atoms with Crippen molar-refractivity contribution in [2.45, 2.75) is 66.6 Å². The molecule has 0 aliphatic rings. The zero-order valence-electron chi connectivity index (χ0n) is 16.8. The van der Waals surface area contributed by atoms with Gasteiger partial charge in [0.15, 0.2) is 0 Å². The van der Waals surface area contributed by atoms with Crippen molar-refractivity contribution >= 4 is 11.9 Å². The molecule has 0 atom stereocenters. The van der Waals surface area contributed by atoms with E-state index in [9.17, 15) is 9.59 Å². The maximum absolute atomic E-state index is 11.3. The molecule has 0 aliphatic carbocycles. The summed E-state index contributed by atoms with van der Waals surface area (Å²) < 4.78 is 0. The largest absolute Gasteiger partial charge is 0.373 e. The Balaban J connectivity index is 0.000000488. The van der Waals surface area contributed by atoms with Crippen LogP contribution in [0.3, 0.4) is 0 Å². The molecular weight excluding hydrogens is 340 g/mol. The molecule has 0 heterocycles. The van der Waals surface area contributed by atoms with E-state index in [2.05, 4.69) is 14.8 Å². The van der Waals surface area contributed by atoms with Gasteiger partial charge < -0.3 is 0 Å². The Hall–Kier alpha value is -1.96. The van der Waals surface area contributed by atoms with Gasteiger partial charge >= 0.3 is 11.9 Å². The maximum Gasteiger partial charge on any atom is 0.373 e. The summed E-state index contributed by atoms with van der Waals surface area (Å²) in [7, 11) is 0. The minimum absolute atomic E-state index is 0.214. The lowest BCUT2D eigenvalue weighted by molar-refractivity contribution is -0.515. The van der Waals surface area contributed by atoms with Crippen LogP contribution in [0.5, 0.6) is 0 Å². The topological polar surface area (TPSA) is 80.3 Å². The monoisotopic (exact) mass is 370 g/mol. The van der Waals surface area contributed by atoms with Gasteiger partial charge in [0.05, 0.1) is 17.1 Å². The Morgan fingerprint density at radius 1 is 0.808 bits per heavy atom. The highest BCUT2D eigenvalue weighted by Crippen LogP contribution is 2.10. The fraction of sp³-hybridized carbons (Fsp3) is 0.579. The lowest BCUT2D eigenvalue weighted by atomic mass is 10.2. The average molecular weight is 370 g/mol. The molecule has 0 radical (unpaired) electrons. The molecule has 0 aromatic heterocycles. The summed E-state index contributed by atoms with van der Waals surface area (Å²) in [6.45, 7) is 14.2. The Labute approximate surface area is 155 Å². The third-order valence-corrected chi connectivity index (χ3v) is 2.25. The summed E-state index contributed by atoms with van der Waals surface area (Å²) in [5.41, 5.74) is -0.474. The molecule has 0 spiro atoms. The van der Waals surface area contributed by atoms with Crippen molar-refractivity contribution < 1.29 is 34.2 Å². The van der Waals surface area contributed by atoms with Crippen LogP contribution in [0.1, 0.15) is 65.7 Å². The van der Waals surface area contributed by atoms with Crippen molar-refractivity contribution in [1.82, 2.24) is 0 Å². The number of rotatable bonds is 5. The Kier molecular flexibility index (Phi) is 10.1. The summed E-state index contributed by atoms with van der Waals surface area (Å²) in [6, 6.07) is 8.73. The molecule has 0 unspecified atom stereocenters. The fourth-order valence-corrected chi connectivity index (χ4v) is 1.03. The molecule has 7 nitrogen and oxygen atoms in total. The summed E-state index contributed by atoms with van der Waals surface area (Å²) in [5, 5.41) is 4.27. The van der Waals surface area contributed by atoms with Crippen molar-refractivity contribution in [3.05, 3.63) is 35.9 Å². The number of hydrogen-bond donors (Lipinski definition) is 0. The molecule has 148 valence electrons. The van der Waals surface area contributed by atoms with Crippen LogP contribution < -0.4 is 0 Å². The lowest BCUT2D eigenvalue weighted by Gasteiger charge is -2.16. The summed E-state index contributed by atoms with van der Waals surface area (Å²) in [5.74, 6) is -1.13. The minimum atomic E-state index is -0.482. The first kappa shape index (κ1) is 24.0. The SMILES string of the molecule is CC(C)(C)OOC(=O)c1ccccc1.CC(C)C(=O)OOOC(C)(C)C. The molecule has 26 heavy (non-hydrogen) atoms. The van der Waals surface area contributed by atoms with E-state index in [0.717, 1.165) is 0 Å². The zero-order valence-corrected chi connectivity index (χ0v) is 16.8. The summed E-state index contributed by atoms with van der Waals surface area (Å²) in [6.07, 6.45) is 0. The van der Waals surface area contributed by atoms with Crippen molar-refractivity contribution in [3.63, 3.8) is 0 Å². The predicted octanol–water partition coefficient (Wildman–Crippen LogP) is 4.42. The lowest BCUT2D eigenvalue weighted by Crippen LogP contribution is -2.22. The van der Waals surface area contributed by atoms with Gasteiger partial charge in [0.1, 0.15) is 5.60 Å². The van der Waals surface area contributed by atoms with Gasteiger partial charge in [0.25, 0.3) is 0 Å². The van der Waals surface area contributed by atoms with Crippen LogP contribution in [0.15, 0.2) is 30.3 Å². The smallest absolute Gasteiger partial charge is 0.292 e. The van der Waals surface area contributed by atoms with Crippen LogP contribution in [0.4, 0.5) is 0 Å². The van der Waals surface area contributed by atoms with Crippen molar-refractivity contribution in [2.24, 2.45) is 5.92 Å². The summed E-state index contributed by atoms with van der Waals surface area (Å²) >= 11 is 0. The van der Waals surface area contributed by atoms with Crippen LogP contribution >= 0.6 is 0 Å². The van der Waals surface area contributed by atoms with E-state index in [1.807, 2.05) is 26.8 Å². The van der Waals surface area contributed by atoms with E-state index in [-0.39, 0.29) is 5.92 Å². The molecule has 0 saturated heterocycles. The first-order valence-electron chi connectivity index (χ1n) is 8.33. The molecule has 0 saturated carbocycles. The molecule has 0 fully saturated rings. The predicted molar refractivity (Wildman–Crippen MR) is 95.5 cm³/mol. The van der Waals surface area contributed by atoms with Crippen LogP contribution in [0.25, 0.3) is 0 Å². The van der Waals surface area contributed by atoms with Crippen LogP contribution in [0, 0.1) is 5.92 Å². The molecule has 1 aromatic carbocycles. The number of carbonyl (C=O) groups excluding carboxylic acids is 2. The van der Waals surface area contributed by atoms with Crippen molar-refractivity contribution in [1.29, 1.82) is 0 Å². The maximum atomic E-state index is 11.3. The van der Waals surface area contributed by atoms with E-state index in [0.29, 0.717) is 5.56 Å². The summed E-state index contributed by atoms with van der Waals surface area (Å²) in [4.78, 5) is 40.7. The van der Waals surface area contributed by atoms with Crippen LogP contribution in [-0.4, -0.2) is 23.1 Å². The van der Waals surface area contributed by atoms with Gasteiger partial charge in [0.2, 0.25) is 0 Å². The number of carbonyl (C=O) groups is 2. The van der Waals surface area contributed by atoms with Gasteiger partial charge in [0, 0.05) is 0 Å². The van der Waals surface area contributed by atoms with E-state index >= 15 is 0 Å². The quantitative estimate of drug-likeness (QED) is 0.560. The van der Waals surface area contributed by atoms with E-state index in [4.69, 9.17) is 9.78 Å². The number of hydrogen-bond acceptors (Lipinski definition) is 7. The highest BCUT2D eigenvalue weighted by molar-refractivity contribution is 5.88. The molecule has 1 rings (SSSR count). The molecule has 0 N–H and O–H groups in total. The first-order valence-corrected chi connectivity index (χ1v) is 8.33. The van der Waals surface area contributed by atoms with Gasteiger partial charge in [-0.3, -0.25) is 9.78 Å². The normalized spacial score (nSPS) is 11.4. The molecule has 0 aliphatic heterocycles. The Morgan fingerprint density at radius 2 is 1.31 bits per heavy atom. The van der Waals surface area contributed by atoms with Crippen molar-refractivity contribution in [2.75, 3.05) is 0 Å². The second kappa shape index (κ2) is 10.9. The second-order valence-corrected chi connectivity index (χ2v) is 7.75. The molecule has 0 amide bonds. The Morgan fingerprint density at radius 3 is 1.73 bits per heavy atom. The van der Waals surface area contributed by atoms with E-state index < -0.39 is 23.1 Å². The first-order chi connectivity index (χ1) is 11.8. The molecule has 0 bridgehead atoms. The van der Waals surface area contributed by atoms with Gasteiger partial charge in [-0.25, -0.2) is 9.59 Å². The third kappa shape index (κ3) is 13.3. The van der Waals surface area contributed by atoms with Gasteiger partial charge in [-0.15, -0.1) is 0 Å².